The highest BCUT2D eigenvalue weighted by Crippen LogP contribution is 2.32. The minimum Gasteiger partial charge on any atom is -0.497 e. The van der Waals surface area contributed by atoms with Crippen molar-refractivity contribution in [3.8, 4) is 22.8 Å². The molecule has 4 rings (SSSR count). The van der Waals surface area contributed by atoms with Gasteiger partial charge in [0.1, 0.15) is 18.1 Å². The second-order valence-corrected chi connectivity index (χ2v) is 8.25. The first-order valence-electron chi connectivity index (χ1n) is 9.90. The minimum atomic E-state index is -0.243. The van der Waals surface area contributed by atoms with Crippen molar-refractivity contribution in [3.05, 3.63) is 59.0 Å². The molecule has 0 radical (unpaired) electrons. The monoisotopic (exact) mass is 424 g/mol. The fraction of sp³-hybridized carbons (Fsp3) is 0.304. The molecule has 2 heterocycles. The molecular weight excluding hydrogens is 400 g/mol. The summed E-state index contributed by atoms with van der Waals surface area (Å²) >= 11 is 1.45. The molecule has 0 bridgehead atoms. The maximum Gasteiger partial charge on any atom is 0.261 e. The molecule has 1 N–H and O–H groups in total. The number of nitrogens with one attached hydrogen (secondary N) is 1. The predicted molar refractivity (Wildman–Crippen MR) is 118 cm³/mol. The number of ether oxygens (including phenoxy) is 3. The molecule has 0 aliphatic carbocycles. The van der Waals surface area contributed by atoms with Crippen LogP contribution in [0.15, 0.2) is 48.5 Å². The predicted octanol–water partition coefficient (Wildman–Crippen LogP) is 4.94. The molecule has 3 aromatic rings. The fourth-order valence-corrected chi connectivity index (χ4v) is 4.20. The lowest BCUT2D eigenvalue weighted by molar-refractivity contribution is 0.0673. The van der Waals surface area contributed by atoms with Gasteiger partial charge in [-0.1, -0.05) is 12.1 Å². The van der Waals surface area contributed by atoms with E-state index in [0.717, 1.165) is 41.3 Å². The first-order valence-corrected chi connectivity index (χ1v) is 10.7. The Bertz CT molecular complexity index is 1010. The Balaban J connectivity index is 1.47. The van der Waals surface area contributed by atoms with Crippen LogP contribution in [0.1, 0.15) is 28.1 Å². The van der Waals surface area contributed by atoms with Crippen LogP contribution in [0.3, 0.4) is 0 Å². The van der Waals surface area contributed by atoms with Gasteiger partial charge in [0.25, 0.3) is 5.91 Å². The summed E-state index contributed by atoms with van der Waals surface area (Å²) in [6.07, 6.45) is 2.13. The average molecular weight is 425 g/mol. The van der Waals surface area contributed by atoms with E-state index < -0.39 is 0 Å². The van der Waals surface area contributed by atoms with Crippen LogP contribution in [-0.2, 0) is 4.74 Å². The summed E-state index contributed by atoms with van der Waals surface area (Å²) in [5.74, 6) is 1.10. The summed E-state index contributed by atoms with van der Waals surface area (Å²) in [5, 5.41) is 3.47. The van der Waals surface area contributed by atoms with Crippen LogP contribution in [0.5, 0.6) is 11.5 Å². The minimum absolute atomic E-state index is 0.0924. The molecule has 7 heteroatoms. The summed E-state index contributed by atoms with van der Waals surface area (Å²) < 4.78 is 16.7. The van der Waals surface area contributed by atoms with E-state index in [1.165, 1.54) is 11.3 Å². The van der Waals surface area contributed by atoms with Crippen molar-refractivity contribution in [2.45, 2.75) is 25.9 Å². The number of carbonyl (C=O) groups is 1. The lowest BCUT2D eigenvalue weighted by Crippen LogP contribution is -2.19. The van der Waals surface area contributed by atoms with Gasteiger partial charge in [0.2, 0.25) is 0 Å². The van der Waals surface area contributed by atoms with Crippen LogP contribution in [0, 0.1) is 6.92 Å². The van der Waals surface area contributed by atoms with Gasteiger partial charge in [0.15, 0.2) is 5.13 Å². The third kappa shape index (κ3) is 4.63. The number of benzene rings is 2. The molecule has 1 aromatic heterocycles. The Morgan fingerprint density at radius 2 is 2.03 bits per heavy atom. The van der Waals surface area contributed by atoms with E-state index in [-0.39, 0.29) is 12.0 Å². The molecule has 0 saturated carbocycles. The van der Waals surface area contributed by atoms with Crippen molar-refractivity contribution >= 4 is 22.4 Å². The number of anilines is 1. The summed E-state index contributed by atoms with van der Waals surface area (Å²) in [6.45, 7) is 3.21. The second-order valence-electron chi connectivity index (χ2n) is 7.05. The van der Waals surface area contributed by atoms with E-state index >= 15 is 0 Å². The molecule has 1 unspecified atom stereocenters. The number of rotatable bonds is 7. The molecule has 156 valence electrons. The van der Waals surface area contributed by atoms with Gasteiger partial charge < -0.3 is 14.2 Å². The lowest BCUT2D eigenvalue weighted by Gasteiger charge is -2.14. The second kappa shape index (κ2) is 9.28. The van der Waals surface area contributed by atoms with Crippen molar-refractivity contribution in [2.24, 2.45) is 0 Å². The smallest absolute Gasteiger partial charge is 0.261 e. The molecule has 1 atom stereocenters. The van der Waals surface area contributed by atoms with Crippen LogP contribution in [-0.4, -0.2) is 37.3 Å². The molecule has 1 saturated heterocycles. The van der Waals surface area contributed by atoms with Crippen molar-refractivity contribution in [1.82, 2.24) is 4.98 Å². The van der Waals surface area contributed by atoms with Gasteiger partial charge >= 0.3 is 0 Å². The number of nitrogens with zero attached hydrogens (tertiary/aromatic N) is 1. The highest BCUT2D eigenvalue weighted by molar-refractivity contribution is 7.16. The highest BCUT2D eigenvalue weighted by atomic mass is 32.1. The van der Waals surface area contributed by atoms with E-state index in [1.54, 1.807) is 19.2 Å². The highest BCUT2D eigenvalue weighted by Gasteiger charge is 2.19. The molecular formula is C23H24N2O4S. The Morgan fingerprint density at radius 3 is 2.77 bits per heavy atom. The number of methoxy groups -OCH3 is 1. The van der Waals surface area contributed by atoms with Gasteiger partial charge in [0, 0.05) is 17.0 Å². The number of aromatic nitrogens is 1. The van der Waals surface area contributed by atoms with Crippen molar-refractivity contribution in [1.29, 1.82) is 0 Å². The number of hydrogen-bond donors (Lipinski definition) is 1. The van der Waals surface area contributed by atoms with Gasteiger partial charge in [-0.15, -0.1) is 11.3 Å². The van der Waals surface area contributed by atoms with Gasteiger partial charge in [-0.2, -0.15) is 0 Å². The molecule has 2 aromatic carbocycles. The van der Waals surface area contributed by atoms with Gasteiger partial charge in [0.05, 0.1) is 24.5 Å². The molecule has 1 amide bonds. The molecule has 1 aliphatic heterocycles. The largest absolute Gasteiger partial charge is 0.497 e. The zero-order valence-electron chi connectivity index (χ0n) is 17.0. The topological polar surface area (TPSA) is 69.7 Å². The van der Waals surface area contributed by atoms with E-state index in [9.17, 15) is 4.79 Å². The van der Waals surface area contributed by atoms with Crippen LogP contribution >= 0.6 is 11.3 Å². The lowest BCUT2D eigenvalue weighted by atomic mass is 10.1. The van der Waals surface area contributed by atoms with Crippen LogP contribution in [0.2, 0.25) is 0 Å². The molecule has 6 nitrogen and oxygen atoms in total. The Labute approximate surface area is 179 Å². The number of aryl methyl sites for hydroxylation is 1. The van der Waals surface area contributed by atoms with Crippen LogP contribution < -0.4 is 14.8 Å². The zero-order valence-corrected chi connectivity index (χ0v) is 17.8. The summed E-state index contributed by atoms with van der Waals surface area (Å²) in [5.41, 5.74) is 2.31. The standard InChI is InChI=1S/C23H24N2O4S/c1-15-21(16-9-11-17(27-2)12-10-16)24-23(30-15)25-22(26)19-7-3-4-8-20(19)29-14-18-6-5-13-28-18/h3-4,7-12,18H,5-6,13-14H2,1-2H3,(H,24,25,26). The van der Waals surface area contributed by atoms with E-state index in [0.29, 0.717) is 23.1 Å². The Hall–Kier alpha value is -2.90. The maximum absolute atomic E-state index is 12.9. The molecule has 30 heavy (non-hydrogen) atoms. The van der Waals surface area contributed by atoms with Gasteiger partial charge in [-0.05, 0) is 56.2 Å². The molecule has 1 aliphatic rings. The number of carbonyl (C=O) groups excluding carboxylic acids is 1. The van der Waals surface area contributed by atoms with E-state index in [2.05, 4.69) is 10.3 Å². The first kappa shape index (κ1) is 20.4. The van der Waals surface area contributed by atoms with Crippen LogP contribution in [0.4, 0.5) is 5.13 Å². The summed E-state index contributed by atoms with van der Waals surface area (Å²) in [4.78, 5) is 18.6. The van der Waals surface area contributed by atoms with Crippen LogP contribution in [0.25, 0.3) is 11.3 Å². The fourth-order valence-electron chi connectivity index (χ4n) is 3.37. The third-order valence-corrected chi connectivity index (χ3v) is 5.85. The zero-order chi connectivity index (χ0) is 20.9. The quantitative estimate of drug-likeness (QED) is 0.582. The SMILES string of the molecule is COc1ccc(-c2nc(NC(=O)c3ccccc3OCC3CCCO3)sc2C)cc1. The number of amides is 1. The van der Waals surface area contributed by atoms with Gasteiger partial charge in [-0.25, -0.2) is 4.98 Å². The Kier molecular flexibility index (Phi) is 6.30. The van der Waals surface area contributed by atoms with Crippen molar-refractivity contribution in [2.75, 3.05) is 25.6 Å². The number of hydrogen-bond acceptors (Lipinski definition) is 6. The van der Waals surface area contributed by atoms with Crippen molar-refractivity contribution < 1.29 is 19.0 Å². The van der Waals surface area contributed by atoms with Crippen molar-refractivity contribution in [3.63, 3.8) is 0 Å². The summed E-state index contributed by atoms with van der Waals surface area (Å²) in [6, 6.07) is 15.0. The third-order valence-electron chi connectivity index (χ3n) is 4.96. The maximum atomic E-state index is 12.9. The molecule has 1 fully saturated rings. The Morgan fingerprint density at radius 1 is 1.23 bits per heavy atom. The first-order chi connectivity index (χ1) is 14.6. The summed E-state index contributed by atoms with van der Waals surface area (Å²) in [7, 11) is 1.64. The molecule has 0 spiro atoms. The number of para-hydroxylation sites is 1. The van der Waals surface area contributed by atoms with E-state index in [4.69, 9.17) is 14.2 Å². The van der Waals surface area contributed by atoms with E-state index in [1.807, 2.05) is 43.3 Å². The van der Waals surface area contributed by atoms with Gasteiger partial charge in [-0.3, -0.25) is 10.1 Å². The average Bonchev–Trinajstić information content (AvgIpc) is 3.42. The number of thiazole rings is 1. The normalized spacial score (nSPS) is 15.7.